The molecule has 0 aliphatic heterocycles. The van der Waals surface area contributed by atoms with Gasteiger partial charge in [0.1, 0.15) is 0 Å². The van der Waals surface area contributed by atoms with Crippen molar-refractivity contribution < 1.29 is 0 Å². The highest BCUT2D eigenvalue weighted by atomic mass is 14.9. The Morgan fingerprint density at radius 2 is 2.00 bits per heavy atom. The molecule has 1 aliphatic carbocycles. The van der Waals surface area contributed by atoms with E-state index in [1.54, 1.807) is 0 Å². The van der Waals surface area contributed by atoms with Crippen molar-refractivity contribution in [2.75, 3.05) is 6.54 Å². The van der Waals surface area contributed by atoms with Crippen molar-refractivity contribution >= 4 is 0 Å². The molecule has 1 aliphatic rings. The number of nitrogens with one attached hydrogen (secondary N) is 1. The second-order valence-corrected chi connectivity index (χ2v) is 6.38. The van der Waals surface area contributed by atoms with Crippen molar-refractivity contribution in [3.05, 3.63) is 34.9 Å². The molecule has 2 rings (SSSR count). The Morgan fingerprint density at radius 1 is 1.35 bits per heavy atom. The molecule has 1 nitrogen and oxygen atoms in total. The summed E-state index contributed by atoms with van der Waals surface area (Å²) in [7, 11) is 0. The van der Waals surface area contributed by atoms with Crippen LogP contribution in [0.25, 0.3) is 0 Å². The van der Waals surface area contributed by atoms with E-state index in [0.29, 0.717) is 11.5 Å². The van der Waals surface area contributed by atoms with Gasteiger partial charge < -0.3 is 5.32 Å². The van der Waals surface area contributed by atoms with Crippen LogP contribution in [0.5, 0.6) is 0 Å². The maximum Gasteiger partial charge on any atom is 0.0294 e. The fourth-order valence-electron chi connectivity index (χ4n) is 2.67. The van der Waals surface area contributed by atoms with E-state index in [1.165, 1.54) is 23.1 Å². The summed E-state index contributed by atoms with van der Waals surface area (Å²) in [6.07, 6.45) is 1.37. The van der Waals surface area contributed by atoms with Crippen molar-refractivity contribution in [1.82, 2.24) is 5.32 Å². The summed E-state index contributed by atoms with van der Waals surface area (Å²) in [6, 6.07) is 7.21. The SMILES string of the molecule is Cc1ccc(C(C)NCC2CC2(C)C)c(C)c1. The number of hydrogen-bond acceptors (Lipinski definition) is 1. The smallest absolute Gasteiger partial charge is 0.0294 e. The number of aryl methyl sites for hydroxylation is 2. The first-order valence-corrected chi connectivity index (χ1v) is 6.71. The van der Waals surface area contributed by atoms with Crippen LogP contribution in [0.4, 0.5) is 0 Å². The molecule has 0 amide bonds. The summed E-state index contributed by atoms with van der Waals surface area (Å²) in [4.78, 5) is 0. The molecule has 0 radical (unpaired) electrons. The van der Waals surface area contributed by atoms with E-state index in [-0.39, 0.29) is 0 Å². The Hall–Kier alpha value is -0.820. The van der Waals surface area contributed by atoms with Crippen molar-refractivity contribution in [2.45, 2.75) is 47.1 Å². The molecule has 2 unspecified atom stereocenters. The molecule has 0 saturated heterocycles. The lowest BCUT2D eigenvalue weighted by atomic mass is 10.00. The minimum Gasteiger partial charge on any atom is -0.310 e. The van der Waals surface area contributed by atoms with E-state index < -0.39 is 0 Å². The minimum atomic E-state index is 0.465. The average molecular weight is 231 g/mol. The van der Waals surface area contributed by atoms with Crippen molar-refractivity contribution in [1.29, 1.82) is 0 Å². The monoisotopic (exact) mass is 231 g/mol. The van der Waals surface area contributed by atoms with Crippen molar-refractivity contribution in [3.63, 3.8) is 0 Å². The van der Waals surface area contributed by atoms with Crippen molar-refractivity contribution in [3.8, 4) is 0 Å². The van der Waals surface area contributed by atoms with Gasteiger partial charge in [-0.3, -0.25) is 0 Å². The molecule has 1 fully saturated rings. The highest BCUT2D eigenvalue weighted by Crippen LogP contribution is 2.51. The van der Waals surface area contributed by atoms with E-state index in [1.807, 2.05) is 0 Å². The van der Waals surface area contributed by atoms with Gasteiger partial charge in [-0.25, -0.2) is 0 Å². The number of hydrogen-bond donors (Lipinski definition) is 1. The topological polar surface area (TPSA) is 12.0 Å². The third kappa shape index (κ3) is 2.90. The zero-order valence-corrected chi connectivity index (χ0v) is 11.8. The first-order chi connectivity index (χ1) is 7.90. The van der Waals surface area contributed by atoms with Gasteiger partial charge in [0.2, 0.25) is 0 Å². The normalized spacial score (nSPS) is 23.5. The molecular weight excluding hydrogens is 206 g/mol. The molecule has 0 heterocycles. The van der Waals surface area contributed by atoms with E-state index in [9.17, 15) is 0 Å². The third-order valence-corrected chi connectivity index (χ3v) is 4.28. The lowest BCUT2D eigenvalue weighted by Crippen LogP contribution is -2.23. The molecule has 94 valence electrons. The highest BCUT2D eigenvalue weighted by molar-refractivity contribution is 5.32. The largest absolute Gasteiger partial charge is 0.310 e. The summed E-state index contributed by atoms with van der Waals surface area (Å²) in [6.45, 7) is 12.5. The maximum atomic E-state index is 3.68. The van der Waals surface area contributed by atoms with E-state index >= 15 is 0 Å². The zero-order valence-electron chi connectivity index (χ0n) is 11.8. The summed E-state index contributed by atoms with van der Waals surface area (Å²) in [5, 5.41) is 3.68. The van der Waals surface area contributed by atoms with Crippen LogP contribution in [-0.4, -0.2) is 6.54 Å². The number of benzene rings is 1. The second kappa shape index (κ2) is 4.45. The summed E-state index contributed by atoms with van der Waals surface area (Å²) < 4.78 is 0. The standard InChI is InChI=1S/C16H25N/c1-11-6-7-15(12(2)8-11)13(3)17-10-14-9-16(14,4)5/h6-8,13-14,17H,9-10H2,1-5H3. The molecule has 17 heavy (non-hydrogen) atoms. The van der Waals surface area contributed by atoms with Crippen LogP contribution >= 0.6 is 0 Å². The van der Waals surface area contributed by atoms with Crippen molar-refractivity contribution in [2.24, 2.45) is 11.3 Å². The van der Waals surface area contributed by atoms with Gasteiger partial charge >= 0.3 is 0 Å². The molecule has 0 spiro atoms. The minimum absolute atomic E-state index is 0.465. The molecule has 1 saturated carbocycles. The average Bonchev–Trinajstić information content (AvgIpc) is 2.83. The van der Waals surface area contributed by atoms with Crippen LogP contribution < -0.4 is 5.32 Å². The predicted octanol–water partition coefficient (Wildman–Crippen LogP) is 4.00. The van der Waals surface area contributed by atoms with Gasteiger partial charge in [0, 0.05) is 6.04 Å². The molecular formula is C16H25N. The van der Waals surface area contributed by atoms with E-state index in [0.717, 1.165) is 12.5 Å². The molecule has 0 aromatic heterocycles. The lowest BCUT2D eigenvalue weighted by Gasteiger charge is -2.17. The Bertz CT molecular complexity index is 406. The van der Waals surface area contributed by atoms with Crippen LogP contribution in [0.15, 0.2) is 18.2 Å². The Balaban J connectivity index is 1.93. The summed E-state index contributed by atoms with van der Waals surface area (Å²) in [5.41, 5.74) is 4.77. The van der Waals surface area contributed by atoms with Crippen LogP contribution in [0, 0.1) is 25.2 Å². The van der Waals surface area contributed by atoms with Gasteiger partial charge in [0.05, 0.1) is 0 Å². The van der Waals surface area contributed by atoms with Crippen LogP contribution in [0.3, 0.4) is 0 Å². The molecule has 1 aromatic rings. The fraction of sp³-hybridized carbons (Fsp3) is 0.625. The van der Waals surface area contributed by atoms with Gasteiger partial charge in [-0.05, 0) is 56.2 Å². The fourth-order valence-corrected chi connectivity index (χ4v) is 2.67. The Kier molecular flexibility index (Phi) is 3.31. The summed E-state index contributed by atoms with van der Waals surface area (Å²) in [5.74, 6) is 0.871. The Morgan fingerprint density at radius 3 is 2.53 bits per heavy atom. The maximum absolute atomic E-state index is 3.68. The molecule has 0 bridgehead atoms. The lowest BCUT2D eigenvalue weighted by molar-refractivity contribution is 0.484. The number of rotatable bonds is 4. The molecule has 2 atom stereocenters. The second-order valence-electron chi connectivity index (χ2n) is 6.38. The van der Waals surface area contributed by atoms with Gasteiger partial charge in [-0.2, -0.15) is 0 Å². The quantitative estimate of drug-likeness (QED) is 0.826. The van der Waals surface area contributed by atoms with Gasteiger partial charge in [-0.1, -0.05) is 37.6 Å². The molecule has 1 N–H and O–H groups in total. The van der Waals surface area contributed by atoms with Gasteiger partial charge in [0.25, 0.3) is 0 Å². The first kappa shape index (κ1) is 12.6. The van der Waals surface area contributed by atoms with E-state index in [2.05, 4.69) is 58.1 Å². The van der Waals surface area contributed by atoms with Crippen LogP contribution in [-0.2, 0) is 0 Å². The van der Waals surface area contributed by atoms with Gasteiger partial charge in [0.15, 0.2) is 0 Å². The van der Waals surface area contributed by atoms with Crippen LogP contribution in [0.2, 0.25) is 0 Å². The predicted molar refractivity (Wildman–Crippen MR) is 74.2 cm³/mol. The zero-order chi connectivity index (χ0) is 12.6. The molecule has 1 heteroatoms. The molecule has 1 aromatic carbocycles. The Labute approximate surface area is 106 Å². The van der Waals surface area contributed by atoms with Gasteiger partial charge in [-0.15, -0.1) is 0 Å². The highest BCUT2D eigenvalue weighted by Gasteiger charge is 2.44. The van der Waals surface area contributed by atoms with Crippen LogP contribution in [0.1, 0.15) is 49.9 Å². The van der Waals surface area contributed by atoms with E-state index in [4.69, 9.17) is 0 Å². The third-order valence-electron chi connectivity index (χ3n) is 4.28. The summed E-state index contributed by atoms with van der Waals surface area (Å²) >= 11 is 0. The first-order valence-electron chi connectivity index (χ1n) is 6.71.